The van der Waals surface area contributed by atoms with Gasteiger partial charge in [0.05, 0.1) is 0 Å². The van der Waals surface area contributed by atoms with Crippen LogP contribution in [0.25, 0.3) is 11.5 Å². The minimum Gasteiger partial charge on any atom is -0.334 e. The van der Waals surface area contributed by atoms with Crippen molar-refractivity contribution in [2.75, 3.05) is 7.05 Å². The van der Waals surface area contributed by atoms with Gasteiger partial charge in [-0.2, -0.15) is 4.98 Å². The summed E-state index contributed by atoms with van der Waals surface area (Å²) in [6, 6.07) is 8.41. The first kappa shape index (κ1) is 11.8. The Balaban J connectivity index is 2.15. The molecule has 0 aliphatic carbocycles. The van der Waals surface area contributed by atoms with E-state index in [4.69, 9.17) is 4.52 Å². The standard InChI is InChI=1S/C13H17N3O/c1-9-4-6-11(7-5-9)13-15-12(16-17-13)8-10(2)14-3/h4-7,10,14H,8H2,1-3H3. The number of rotatable bonds is 4. The van der Waals surface area contributed by atoms with Gasteiger partial charge in [-0.05, 0) is 33.0 Å². The fourth-order valence-electron chi connectivity index (χ4n) is 1.53. The molecule has 17 heavy (non-hydrogen) atoms. The second-order valence-electron chi connectivity index (χ2n) is 4.28. The Bertz CT molecular complexity index is 476. The molecular formula is C13H17N3O. The Morgan fingerprint density at radius 1 is 1.29 bits per heavy atom. The third-order valence-electron chi connectivity index (χ3n) is 2.75. The SMILES string of the molecule is CNC(C)Cc1noc(-c2ccc(C)cc2)n1. The van der Waals surface area contributed by atoms with Crippen molar-refractivity contribution >= 4 is 0 Å². The first-order chi connectivity index (χ1) is 8.19. The average Bonchev–Trinajstić information content (AvgIpc) is 2.78. The lowest BCUT2D eigenvalue weighted by atomic mass is 10.1. The van der Waals surface area contributed by atoms with Crippen molar-refractivity contribution in [1.29, 1.82) is 0 Å². The Hall–Kier alpha value is -1.68. The van der Waals surface area contributed by atoms with Crippen molar-refractivity contribution in [3.63, 3.8) is 0 Å². The molecule has 1 atom stereocenters. The number of nitrogens with zero attached hydrogens (tertiary/aromatic N) is 2. The summed E-state index contributed by atoms with van der Waals surface area (Å²) < 4.78 is 5.25. The largest absolute Gasteiger partial charge is 0.334 e. The summed E-state index contributed by atoms with van der Waals surface area (Å²) >= 11 is 0. The highest BCUT2D eigenvalue weighted by molar-refractivity contribution is 5.53. The molecule has 1 aromatic heterocycles. The molecule has 1 aromatic carbocycles. The van der Waals surface area contributed by atoms with Crippen LogP contribution in [0.2, 0.25) is 0 Å². The van der Waals surface area contributed by atoms with Crippen molar-refractivity contribution < 1.29 is 4.52 Å². The number of likely N-dealkylation sites (N-methyl/N-ethyl adjacent to an activating group) is 1. The average molecular weight is 231 g/mol. The summed E-state index contributed by atoms with van der Waals surface area (Å²) in [7, 11) is 1.92. The van der Waals surface area contributed by atoms with Gasteiger partial charge < -0.3 is 9.84 Å². The van der Waals surface area contributed by atoms with Crippen LogP contribution in [0.15, 0.2) is 28.8 Å². The van der Waals surface area contributed by atoms with E-state index in [1.807, 2.05) is 31.3 Å². The molecule has 0 saturated carbocycles. The number of hydrogen-bond donors (Lipinski definition) is 1. The highest BCUT2D eigenvalue weighted by atomic mass is 16.5. The van der Waals surface area contributed by atoms with Crippen molar-refractivity contribution in [2.24, 2.45) is 0 Å². The first-order valence-corrected chi connectivity index (χ1v) is 5.76. The molecule has 90 valence electrons. The lowest BCUT2D eigenvalue weighted by Crippen LogP contribution is -2.24. The van der Waals surface area contributed by atoms with E-state index < -0.39 is 0 Å². The van der Waals surface area contributed by atoms with E-state index in [1.54, 1.807) is 0 Å². The topological polar surface area (TPSA) is 51.0 Å². The molecule has 4 nitrogen and oxygen atoms in total. The minimum atomic E-state index is 0.346. The van der Waals surface area contributed by atoms with E-state index >= 15 is 0 Å². The normalized spacial score (nSPS) is 12.6. The summed E-state index contributed by atoms with van der Waals surface area (Å²) in [6.45, 7) is 4.14. The van der Waals surface area contributed by atoms with Crippen LogP contribution < -0.4 is 5.32 Å². The lowest BCUT2D eigenvalue weighted by Gasteiger charge is -2.04. The maximum absolute atomic E-state index is 5.25. The molecule has 2 aromatic rings. The first-order valence-electron chi connectivity index (χ1n) is 5.76. The molecule has 0 spiro atoms. The van der Waals surface area contributed by atoms with Gasteiger partial charge in [-0.1, -0.05) is 22.9 Å². The van der Waals surface area contributed by atoms with Gasteiger partial charge in [0, 0.05) is 18.0 Å². The zero-order chi connectivity index (χ0) is 12.3. The summed E-state index contributed by atoms with van der Waals surface area (Å²) in [5, 5.41) is 7.13. The molecule has 0 aliphatic heterocycles. The summed E-state index contributed by atoms with van der Waals surface area (Å²) in [5.74, 6) is 1.32. The second-order valence-corrected chi connectivity index (χ2v) is 4.28. The van der Waals surface area contributed by atoms with Gasteiger partial charge in [0.1, 0.15) is 0 Å². The molecule has 1 N–H and O–H groups in total. The molecule has 1 heterocycles. The smallest absolute Gasteiger partial charge is 0.257 e. The van der Waals surface area contributed by atoms with Gasteiger partial charge in [0.25, 0.3) is 5.89 Å². The third-order valence-corrected chi connectivity index (χ3v) is 2.75. The van der Waals surface area contributed by atoms with Gasteiger partial charge in [-0.3, -0.25) is 0 Å². The number of hydrogen-bond acceptors (Lipinski definition) is 4. The highest BCUT2D eigenvalue weighted by Crippen LogP contribution is 2.17. The summed E-state index contributed by atoms with van der Waals surface area (Å²) in [4.78, 5) is 4.38. The second kappa shape index (κ2) is 5.10. The van der Waals surface area contributed by atoms with Gasteiger partial charge in [-0.25, -0.2) is 0 Å². The lowest BCUT2D eigenvalue weighted by molar-refractivity contribution is 0.418. The molecule has 4 heteroatoms. The molecular weight excluding hydrogens is 214 g/mol. The molecule has 1 unspecified atom stereocenters. The molecule has 0 fully saturated rings. The molecule has 0 aliphatic rings. The fraction of sp³-hybridized carbons (Fsp3) is 0.385. The third kappa shape index (κ3) is 2.91. The molecule has 0 amide bonds. The number of benzene rings is 1. The predicted octanol–water partition coefficient (Wildman–Crippen LogP) is 2.20. The van der Waals surface area contributed by atoms with Crippen LogP contribution in [0.1, 0.15) is 18.3 Å². The zero-order valence-electron chi connectivity index (χ0n) is 10.4. The van der Waals surface area contributed by atoms with Crippen LogP contribution in [0, 0.1) is 6.92 Å². The van der Waals surface area contributed by atoms with Crippen LogP contribution in [-0.4, -0.2) is 23.2 Å². The van der Waals surface area contributed by atoms with Crippen LogP contribution in [0.5, 0.6) is 0 Å². The van der Waals surface area contributed by atoms with Crippen LogP contribution in [0.4, 0.5) is 0 Å². The van der Waals surface area contributed by atoms with E-state index in [1.165, 1.54) is 5.56 Å². The zero-order valence-corrected chi connectivity index (χ0v) is 10.4. The number of aromatic nitrogens is 2. The van der Waals surface area contributed by atoms with Crippen molar-refractivity contribution in [3.05, 3.63) is 35.7 Å². The molecule has 2 rings (SSSR count). The fourth-order valence-corrected chi connectivity index (χ4v) is 1.53. The quantitative estimate of drug-likeness (QED) is 0.876. The van der Waals surface area contributed by atoms with E-state index in [2.05, 4.69) is 29.3 Å². The van der Waals surface area contributed by atoms with Gasteiger partial charge in [0.2, 0.25) is 0 Å². The molecule has 0 saturated heterocycles. The van der Waals surface area contributed by atoms with E-state index in [9.17, 15) is 0 Å². The van der Waals surface area contributed by atoms with Crippen LogP contribution in [0.3, 0.4) is 0 Å². The van der Waals surface area contributed by atoms with Gasteiger partial charge in [-0.15, -0.1) is 0 Å². The summed E-state index contributed by atoms with van der Waals surface area (Å²) in [5.41, 5.74) is 2.18. The molecule has 0 bridgehead atoms. The Morgan fingerprint density at radius 3 is 2.65 bits per heavy atom. The van der Waals surface area contributed by atoms with E-state index in [-0.39, 0.29) is 0 Å². The summed E-state index contributed by atoms with van der Waals surface area (Å²) in [6.07, 6.45) is 0.770. The highest BCUT2D eigenvalue weighted by Gasteiger charge is 2.10. The Morgan fingerprint density at radius 2 is 2.00 bits per heavy atom. The maximum atomic E-state index is 5.25. The minimum absolute atomic E-state index is 0.346. The predicted molar refractivity (Wildman–Crippen MR) is 66.7 cm³/mol. The number of aryl methyl sites for hydroxylation is 1. The van der Waals surface area contributed by atoms with E-state index in [0.717, 1.165) is 17.8 Å². The van der Waals surface area contributed by atoms with Crippen LogP contribution >= 0.6 is 0 Å². The Labute approximate surface area is 101 Å². The maximum Gasteiger partial charge on any atom is 0.257 e. The van der Waals surface area contributed by atoms with E-state index in [0.29, 0.717) is 11.9 Å². The van der Waals surface area contributed by atoms with Crippen molar-refractivity contribution in [3.8, 4) is 11.5 Å². The van der Waals surface area contributed by atoms with Crippen molar-refractivity contribution in [1.82, 2.24) is 15.5 Å². The van der Waals surface area contributed by atoms with Crippen molar-refractivity contribution in [2.45, 2.75) is 26.3 Å². The van der Waals surface area contributed by atoms with Gasteiger partial charge >= 0.3 is 0 Å². The number of nitrogens with one attached hydrogen (secondary N) is 1. The Kier molecular flexibility index (Phi) is 3.54. The monoisotopic (exact) mass is 231 g/mol. The van der Waals surface area contributed by atoms with Crippen LogP contribution in [-0.2, 0) is 6.42 Å². The van der Waals surface area contributed by atoms with Gasteiger partial charge in [0.15, 0.2) is 5.82 Å². The molecule has 0 radical (unpaired) electrons.